The van der Waals surface area contributed by atoms with Crippen LogP contribution in [0.5, 0.6) is 11.5 Å². The normalized spacial score (nSPS) is 14.7. The van der Waals surface area contributed by atoms with E-state index in [0.29, 0.717) is 55.9 Å². The Kier molecular flexibility index (Phi) is 10.0. The van der Waals surface area contributed by atoms with Crippen molar-refractivity contribution in [2.45, 2.75) is 0 Å². The molecule has 9 rings (SSSR count). The standard InChI is InChI=1S/C51H30N2O9/c54-41-27-28-42(55)52(41)37-19-11-35(12-20-37)50(59)61-39-23-15-33(16-24-39)45-46(48(32-9-5-2-6-10-32)49(58)47(45)31-7-3-1-4-8-31)34-17-25-40(26-18-34)62-51(60)36-13-21-38(22-14-36)53-43(56)29-30-44(53)57/h1-30H. The van der Waals surface area contributed by atoms with E-state index in [-0.39, 0.29) is 28.4 Å². The van der Waals surface area contributed by atoms with E-state index in [4.69, 9.17) is 9.47 Å². The van der Waals surface area contributed by atoms with Crippen LogP contribution in [0.15, 0.2) is 182 Å². The minimum Gasteiger partial charge on any atom is -0.423 e. The van der Waals surface area contributed by atoms with Gasteiger partial charge in [0.05, 0.1) is 22.5 Å². The number of rotatable bonds is 10. The fourth-order valence-corrected chi connectivity index (χ4v) is 7.45. The first-order chi connectivity index (χ1) is 30.1. The van der Waals surface area contributed by atoms with Crippen LogP contribution in [0.25, 0.3) is 22.3 Å². The monoisotopic (exact) mass is 814 g/mol. The fraction of sp³-hybridized carbons (Fsp3) is 0. The highest BCUT2D eigenvalue weighted by atomic mass is 16.5. The van der Waals surface area contributed by atoms with Gasteiger partial charge in [-0.15, -0.1) is 0 Å². The number of amides is 4. The fourth-order valence-electron chi connectivity index (χ4n) is 7.45. The highest BCUT2D eigenvalue weighted by Gasteiger charge is 2.36. The lowest BCUT2D eigenvalue weighted by molar-refractivity contribution is -0.121. The van der Waals surface area contributed by atoms with Crippen molar-refractivity contribution in [1.82, 2.24) is 0 Å². The number of nitrogens with zero attached hydrogens (tertiary/aromatic N) is 2. The van der Waals surface area contributed by atoms with Crippen molar-refractivity contribution >= 4 is 75.0 Å². The SMILES string of the molecule is O=C1C(c2ccccc2)=C(c2ccc(OC(=O)c3ccc(N4C(=O)C=CC4=O)cc3)cc2)C(c2ccc(OC(=O)c3ccc(N4C(=O)C=CC4=O)cc3)cc2)=C1c1ccccc1. The Morgan fingerprint density at radius 1 is 0.339 bits per heavy atom. The molecule has 3 aliphatic rings. The van der Waals surface area contributed by atoms with Crippen LogP contribution >= 0.6 is 0 Å². The summed E-state index contributed by atoms with van der Waals surface area (Å²) in [5, 5.41) is 0. The molecule has 6 aromatic rings. The molecular formula is C51H30N2O9. The average molecular weight is 815 g/mol. The molecule has 1 aliphatic carbocycles. The van der Waals surface area contributed by atoms with E-state index in [1.54, 1.807) is 48.5 Å². The average Bonchev–Trinajstić information content (AvgIpc) is 3.94. The van der Waals surface area contributed by atoms with Crippen LogP contribution in [0.4, 0.5) is 11.4 Å². The Balaban J connectivity index is 1.02. The van der Waals surface area contributed by atoms with E-state index in [1.807, 2.05) is 60.7 Å². The number of anilines is 2. The molecule has 2 aliphatic heterocycles. The Morgan fingerprint density at radius 2 is 0.645 bits per heavy atom. The first-order valence-electron chi connectivity index (χ1n) is 19.3. The molecule has 0 aromatic heterocycles. The summed E-state index contributed by atoms with van der Waals surface area (Å²) < 4.78 is 11.4. The van der Waals surface area contributed by atoms with Crippen molar-refractivity contribution in [1.29, 1.82) is 0 Å². The van der Waals surface area contributed by atoms with Gasteiger partial charge >= 0.3 is 11.9 Å². The maximum absolute atomic E-state index is 14.8. The molecule has 0 saturated heterocycles. The zero-order valence-corrected chi connectivity index (χ0v) is 32.4. The number of hydrogen-bond acceptors (Lipinski definition) is 9. The number of carbonyl (C=O) groups is 7. The quantitative estimate of drug-likeness (QED) is 0.0762. The molecule has 0 spiro atoms. The van der Waals surface area contributed by atoms with Crippen LogP contribution in [0, 0.1) is 0 Å². The Morgan fingerprint density at radius 3 is 0.968 bits per heavy atom. The minimum absolute atomic E-state index is 0.188. The molecule has 0 fully saturated rings. The van der Waals surface area contributed by atoms with Crippen LogP contribution in [-0.2, 0) is 24.0 Å². The number of carbonyl (C=O) groups excluding carboxylic acids is 7. The van der Waals surface area contributed by atoms with Gasteiger partial charge in [-0.2, -0.15) is 0 Å². The summed E-state index contributed by atoms with van der Waals surface area (Å²) in [6, 6.07) is 44.2. The van der Waals surface area contributed by atoms with Gasteiger partial charge in [0.25, 0.3) is 23.6 Å². The third-order valence-corrected chi connectivity index (χ3v) is 10.4. The summed E-state index contributed by atoms with van der Waals surface area (Å²) in [7, 11) is 0. The van der Waals surface area contributed by atoms with Crippen molar-refractivity contribution in [2.24, 2.45) is 0 Å². The number of hydrogen-bond donors (Lipinski definition) is 0. The molecule has 0 saturated carbocycles. The van der Waals surface area contributed by atoms with Gasteiger partial charge in [0, 0.05) is 46.6 Å². The number of allylic oxidation sites excluding steroid dienone is 4. The second kappa shape index (κ2) is 16.1. The summed E-state index contributed by atoms with van der Waals surface area (Å²) in [5.41, 5.74) is 6.04. The van der Waals surface area contributed by atoms with Gasteiger partial charge in [-0.1, -0.05) is 84.9 Å². The van der Waals surface area contributed by atoms with E-state index < -0.39 is 35.6 Å². The van der Waals surface area contributed by atoms with Crippen LogP contribution in [0.3, 0.4) is 0 Å². The van der Waals surface area contributed by atoms with Crippen LogP contribution < -0.4 is 19.3 Å². The van der Waals surface area contributed by atoms with Gasteiger partial charge in [0.15, 0.2) is 5.78 Å². The summed E-state index contributed by atoms with van der Waals surface area (Å²) >= 11 is 0. The van der Waals surface area contributed by atoms with Crippen molar-refractivity contribution in [2.75, 3.05) is 9.80 Å². The predicted octanol–water partition coefficient (Wildman–Crippen LogP) is 8.09. The molecule has 0 bridgehead atoms. The molecule has 11 nitrogen and oxygen atoms in total. The molecule has 0 atom stereocenters. The molecule has 62 heavy (non-hydrogen) atoms. The largest absolute Gasteiger partial charge is 0.423 e. The minimum atomic E-state index is -0.654. The zero-order valence-electron chi connectivity index (χ0n) is 32.4. The van der Waals surface area contributed by atoms with Gasteiger partial charge in [-0.25, -0.2) is 19.4 Å². The van der Waals surface area contributed by atoms with Crippen molar-refractivity contribution in [3.05, 3.63) is 215 Å². The molecule has 0 N–H and O–H groups in total. The molecular weight excluding hydrogens is 785 g/mol. The van der Waals surface area contributed by atoms with E-state index in [9.17, 15) is 33.6 Å². The topological polar surface area (TPSA) is 144 Å². The highest BCUT2D eigenvalue weighted by Crippen LogP contribution is 2.50. The van der Waals surface area contributed by atoms with Gasteiger partial charge in [-0.3, -0.25) is 24.0 Å². The second-order valence-corrected chi connectivity index (χ2v) is 14.2. The first-order valence-corrected chi connectivity index (χ1v) is 19.3. The summed E-state index contributed by atoms with van der Waals surface area (Å²) in [6.07, 6.45) is 4.72. The van der Waals surface area contributed by atoms with E-state index in [1.165, 1.54) is 72.8 Å². The summed E-state index contributed by atoms with van der Waals surface area (Å²) in [5.74, 6) is -2.89. The van der Waals surface area contributed by atoms with Crippen molar-refractivity contribution < 1.29 is 43.0 Å². The lowest BCUT2D eigenvalue weighted by Gasteiger charge is -2.15. The van der Waals surface area contributed by atoms with E-state index >= 15 is 0 Å². The number of ether oxygens (including phenoxy) is 2. The van der Waals surface area contributed by atoms with Gasteiger partial charge in [-0.05, 0) is 95.1 Å². The van der Waals surface area contributed by atoms with Crippen LogP contribution in [0.1, 0.15) is 43.0 Å². The number of ketones is 1. The van der Waals surface area contributed by atoms with Crippen LogP contribution in [0.2, 0.25) is 0 Å². The third-order valence-electron chi connectivity index (χ3n) is 10.4. The number of benzene rings is 6. The van der Waals surface area contributed by atoms with E-state index in [0.717, 1.165) is 9.80 Å². The van der Waals surface area contributed by atoms with Crippen LogP contribution in [-0.4, -0.2) is 41.4 Å². The maximum Gasteiger partial charge on any atom is 0.343 e. The molecule has 298 valence electrons. The second-order valence-electron chi connectivity index (χ2n) is 14.2. The molecule has 6 aromatic carbocycles. The molecule has 4 amide bonds. The van der Waals surface area contributed by atoms with Gasteiger partial charge in [0.2, 0.25) is 0 Å². The predicted molar refractivity (Wildman–Crippen MR) is 230 cm³/mol. The Hall–Kier alpha value is -8.83. The maximum atomic E-state index is 14.8. The van der Waals surface area contributed by atoms with Gasteiger partial charge in [0.1, 0.15) is 11.5 Å². The van der Waals surface area contributed by atoms with Crippen molar-refractivity contribution in [3.8, 4) is 11.5 Å². The lowest BCUT2D eigenvalue weighted by atomic mass is 9.89. The first kappa shape index (κ1) is 38.7. The molecule has 0 radical (unpaired) electrons. The number of esters is 2. The molecule has 2 heterocycles. The lowest BCUT2D eigenvalue weighted by Crippen LogP contribution is -2.29. The Bertz CT molecular complexity index is 2740. The van der Waals surface area contributed by atoms with Crippen molar-refractivity contribution in [3.63, 3.8) is 0 Å². The van der Waals surface area contributed by atoms with E-state index in [2.05, 4.69) is 0 Å². The number of imide groups is 2. The summed E-state index contributed by atoms with van der Waals surface area (Å²) in [6.45, 7) is 0. The highest BCUT2D eigenvalue weighted by molar-refractivity contribution is 6.59. The number of Topliss-reactive ketones (excluding diaryl/α,β-unsaturated/α-hetero) is 1. The van der Waals surface area contributed by atoms with Gasteiger partial charge < -0.3 is 9.47 Å². The molecule has 11 heteroatoms. The zero-order chi connectivity index (χ0) is 42.9. The Labute approximate surface area is 353 Å². The summed E-state index contributed by atoms with van der Waals surface area (Å²) in [4.78, 5) is 91.5. The molecule has 0 unspecified atom stereocenters. The third kappa shape index (κ3) is 7.26. The smallest absolute Gasteiger partial charge is 0.343 e.